The average Bonchev–Trinajstić information content (AvgIpc) is 3.09. The third-order valence-electron chi connectivity index (χ3n) is 3.25. The number of nitrogens with zero attached hydrogens (tertiary/aromatic N) is 1. The van der Waals surface area contributed by atoms with Crippen molar-refractivity contribution in [1.29, 1.82) is 0 Å². The van der Waals surface area contributed by atoms with Crippen LogP contribution in [0.5, 0.6) is 0 Å². The Morgan fingerprint density at radius 2 is 1.77 bits per heavy atom. The van der Waals surface area contributed by atoms with Gasteiger partial charge in [0.2, 0.25) is 0 Å². The molecule has 2 rings (SSSR count). The number of furan rings is 1. The zero-order valence-corrected chi connectivity index (χ0v) is 14.3. The Hall–Kier alpha value is -3.42. The maximum absolute atomic E-state index is 12.0. The number of benzene rings is 1. The summed E-state index contributed by atoms with van der Waals surface area (Å²) in [6.07, 6.45) is 1.22. The Bertz CT molecular complexity index is 831. The number of nitro benzene ring substituents is 1. The number of esters is 2. The lowest BCUT2D eigenvalue weighted by Crippen LogP contribution is -2.18. The predicted molar refractivity (Wildman–Crippen MR) is 92.0 cm³/mol. The van der Waals surface area contributed by atoms with Crippen molar-refractivity contribution in [3.8, 4) is 11.3 Å². The Labute approximate surface area is 149 Å². The fraction of sp³-hybridized carbons (Fsp3) is 0.222. The highest BCUT2D eigenvalue weighted by Crippen LogP contribution is 2.26. The van der Waals surface area contributed by atoms with Gasteiger partial charge in [-0.3, -0.25) is 10.1 Å². The molecule has 0 unspecified atom stereocenters. The van der Waals surface area contributed by atoms with Crippen LogP contribution in [0.2, 0.25) is 0 Å². The summed E-state index contributed by atoms with van der Waals surface area (Å²) in [4.78, 5) is 34.3. The molecule has 8 nitrogen and oxygen atoms in total. The van der Waals surface area contributed by atoms with Crippen LogP contribution in [-0.4, -0.2) is 30.1 Å². The fourth-order valence-electron chi connectivity index (χ4n) is 2.12. The zero-order chi connectivity index (χ0) is 19.1. The molecule has 1 aromatic carbocycles. The van der Waals surface area contributed by atoms with E-state index in [1.165, 1.54) is 30.3 Å². The first-order valence-electron chi connectivity index (χ1n) is 7.86. The molecule has 0 aliphatic rings. The Morgan fingerprint density at radius 3 is 2.35 bits per heavy atom. The highest BCUT2D eigenvalue weighted by molar-refractivity contribution is 6.17. The maximum atomic E-state index is 12.0. The van der Waals surface area contributed by atoms with Gasteiger partial charge in [-0.15, -0.1) is 0 Å². The Morgan fingerprint density at radius 1 is 1.12 bits per heavy atom. The van der Waals surface area contributed by atoms with Gasteiger partial charge in [0.25, 0.3) is 5.69 Å². The second-order valence-corrected chi connectivity index (χ2v) is 5.01. The minimum absolute atomic E-state index is 0.0743. The number of ether oxygens (including phenoxy) is 2. The van der Waals surface area contributed by atoms with Crippen molar-refractivity contribution in [2.45, 2.75) is 13.8 Å². The van der Waals surface area contributed by atoms with Gasteiger partial charge in [-0.2, -0.15) is 0 Å². The molecule has 0 amide bonds. The number of rotatable bonds is 7. The highest BCUT2D eigenvalue weighted by atomic mass is 16.6. The lowest BCUT2D eigenvalue weighted by molar-refractivity contribution is -0.384. The van der Waals surface area contributed by atoms with Crippen LogP contribution < -0.4 is 0 Å². The van der Waals surface area contributed by atoms with Crippen LogP contribution in [0.3, 0.4) is 0 Å². The number of nitro groups is 1. The number of carbonyl (C=O) groups is 2. The van der Waals surface area contributed by atoms with E-state index in [9.17, 15) is 19.7 Å². The van der Waals surface area contributed by atoms with Crippen LogP contribution in [-0.2, 0) is 19.1 Å². The van der Waals surface area contributed by atoms with Gasteiger partial charge >= 0.3 is 11.9 Å². The van der Waals surface area contributed by atoms with E-state index in [0.29, 0.717) is 11.3 Å². The molecule has 0 atom stereocenters. The first kappa shape index (κ1) is 18.9. The number of hydrogen-bond donors (Lipinski definition) is 0. The first-order valence-corrected chi connectivity index (χ1v) is 7.86. The van der Waals surface area contributed by atoms with Crippen molar-refractivity contribution in [3.05, 3.63) is 57.8 Å². The molecule has 2 aromatic rings. The van der Waals surface area contributed by atoms with Crippen molar-refractivity contribution in [2.24, 2.45) is 0 Å². The molecule has 26 heavy (non-hydrogen) atoms. The van der Waals surface area contributed by atoms with Crippen LogP contribution in [0, 0.1) is 10.1 Å². The quantitative estimate of drug-likeness (QED) is 0.186. The van der Waals surface area contributed by atoms with Crippen LogP contribution >= 0.6 is 0 Å². The van der Waals surface area contributed by atoms with Crippen LogP contribution in [0.1, 0.15) is 19.6 Å². The molecule has 0 spiro atoms. The van der Waals surface area contributed by atoms with Gasteiger partial charge in [0.15, 0.2) is 0 Å². The SMILES string of the molecule is CCOC(=O)C(=Cc1ccc(-c2cccc([N+](=O)[O-])c2)o1)C(=O)OCC. The normalized spacial score (nSPS) is 10.1. The van der Waals surface area contributed by atoms with E-state index in [1.54, 1.807) is 26.0 Å². The molecule has 1 aromatic heterocycles. The van der Waals surface area contributed by atoms with Crippen molar-refractivity contribution < 1.29 is 28.4 Å². The largest absolute Gasteiger partial charge is 0.462 e. The molecular weight excluding hydrogens is 342 g/mol. The fourth-order valence-corrected chi connectivity index (χ4v) is 2.12. The van der Waals surface area contributed by atoms with Gasteiger partial charge in [-0.25, -0.2) is 9.59 Å². The molecule has 0 fully saturated rings. The molecule has 1 heterocycles. The standard InChI is InChI=1S/C18H17NO7/c1-3-24-17(20)15(18(21)25-4-2)11-14-8-9-16(26-14)12-6-5-7-13(10-12)19(22)23/h5-11H,3-4H2,1-2H3. The van der Waals surface area contributed by atoms with Crippen molar-refractivity contribution in [3.63, 3.8) is 0 Å². The third-order valence-corrected chi connectivity index (χ3v) is 3.25. The third kappa shape index (κ3) is 4.56. The van der Waals surface area contributed by atoms with E-state index < -0.39 is 16.9 Å². The minimum atomic E-state index is -0.820. The average molecular weight is 359 g/mol. The Kier molecular flexibility index (Phi) is 6.26. The van der Waals surface area contributed by atoms with Crippen LogP contribution in [0.4, 0.5) is 5.69 Å². The van der Waals surface area contributed by atoms with E-state index in [-0.39, 0.29) is 30.2 Å². The molecule has 0 N–H and O–H groups in total. The van der Waals surface area contributed by atoms with Gasteiger partial charge in [0.05, 0.1) is 18.1 Å². The van der Waals surface area contributed by atoms with E-state index >= 15 is 0 Å². The molecule has 0 saturated carbocycles. The monoisotopic (exact) mass is 359 g/mol. The van der Waals surface area contributed by atoms with Gasteiger partial charge < -0.3 is 13.9 Å². The highest BCUT2D eigenvalue weighted by Gasteiger charge is 2.22. The lowest BCUT2D eigenvalue weighted by atomic mass is 10.1. The summed E-state index contributed by atoms with van der Waals surface area (Å²) in [7, 11) is 0. The lowest BCUT2D eigenvalue weighted by Gasteiger charge is -2.05. The molecule has 0 aliphatic carbocycles. The van der Waals surface area contributed by atoms with E-state index in [0.717, 1.165) is 0 Å². The summed E-state index contributed by atoms with van der Waals surface area (Å²) in [6, 6.07) is 9.04. The summed E-state index contributed by atoms with van der Waals surface area (Å²) < 4.78 is 15.3. The van der Waals surface area contributed by atoms with Crippen molar-refractivity contribution >= 4 is 23.7 Å². The van der Waals surface area contributed by atoms with Crippen LogP contribution in [0.15, 0.2) is 46.4 Å². The van der Waals surface area contributed by atoms with Crippen molar-refractivity contribution in [1.82, 2.24) is 0 Å². The minimum Gasteiger partial charge on any atom is -0.462 e. The molecule has 0 aliphatic heterocycles. The number of hydrogen-bond acceptors (Lipinski definition) is 7. The second kappa shape index (κ2) is 8.61. The van der Waals surface area contributed by atoms with E-state index in [4.69, 9.17) is 13.9 Å². The Balaban J connectivity index is 2.35. The van der Waals surface area contributed by atoms with Gasteiger partial charge in [-0.1, -0.05) is 12.1 Å². The summed E-state index contributed by atoms with van der Waals surface area (Å²) in [5.74, 6) is -1.08. The number of non-ortho nitro benzene ring substituents is 1. The molecule has 0 radical (unpaired) electrons. The van der Waals surface area contributed by atoms with Crippen LogP contribution in [0.25, 0.3) is 17.4 Å². The molecule has 8 heteroatoms. The van der Waals surface area contributed by atoms with Crippen molar-refractivity contribution in [2.75, 3.05) is 13.2 Å². The van der Waals surface area contributed by atoms with Gasteiger partial charge in [-0.05, 0) is 26.0 Å². The maximum Gasteiger partial charge on any atom is 0.345 e. The summed E-state index contributed by atoms with van der Waals surface area (Å²) in [6.45, 7) is 3.45. The second-order valence-electron chi connectivity index (χ2n) is 5.01. The number of carbonyl (C=O) groups excluding carboxylic acids is 2. The first-order chi connectivity index (χ1) is 12.5. The molecule has 0 bridgehead atoms. The zero-order valence-electron chi connectivity index (χ0n) is 14.3. The molecule has 136 valence electrons. The summed E-state index contributed by atoms with van der Waals surface area (Å²) >= 11 is 0. The van der Waals surface area contributed by atoms with E-state index in [1.807, 2.05) is 0 Å². The molecule has 0 saturated heterocycles. The molecular formula is C18H17NO7. The van der Waals surface area contributed by atoms with Gasteiger partial charge in [0, 0.05) is 23.8 Å². The summed E-state index contributed by atoms with van der Waals surface area (Å²) in [5.41, 5.74) is 0.121. The van der Waals surface area contributed by atoms with Gasteiger partial charge in [0.1, 0.15) is 17.1 Å². The van der Waals surface area contributed by atoms with E-state index in [2.05, 4.69) is 0 Å². The summed E-state index contributed by atoms with van der Waals surface area (Å²) in [5, 5.41) is 10.9. The smallest absolute Gasteiger partial charge is 0.345 e. The topological polar surface area (TPSA) is 109 Å². The predicted octanol–water partition coefficient (Wildman–Crippen LogP) is 3.36.